The van der Waals surface area contributed by atoms with Crippen molar-refractivity contribution in [2.45, 2.75) is 46.1 Å². The van der Waals surface area contributed by atoms with Crippen LogP contribution in [0, 0.1) is 12.8 Å². The van der Waals surface area contributed by atoms with Crippen molar-refractivity contribution in [2.75, 3.05) is 19.8 Å². The number of hydrogen-bond donors (Lipinski definition) is 1. The number of nitrogens with zero attached hydrogens (tertiary/aromatic N) is 7. The number of aryl methyl sites for hydroxylation is 1. The lowest BCUT2D eigenvalue weighted by molar-refractivity contribution is -0.129. The fourth-order valence-electron chi connectivity index (χ4n) is 4.36. The van der Waals surface area contributed by atoms with Crippen LogP contribution in [-0.4, -0.2) is 54.8 Å². The zero-order valence-electron chi connectivity index (χ0n) is 20.3. The predicted molar refractivity (Wildman–Crippen MR) is 137 cm³/mol. The summed E-state index contributed by atoms with van der Waals surface area (Å²) in [5, 5.41) is 8.64. The maximum absolute atomic E-state index is 12.0. The Bertz CT molecular complexity index is 1370. The summed E-state index contributed by atoms with van der Waals surface area (Å²) in [7, 11) is 3.43. The molecule has 0 radical (unpaired) electrons. The van der Waals surface area contributed by atoms with Crippen LogP contribution < -0.4 is 5.73 Å². The molecule has 10 nitrogen and oxygen atoms in total. The van der Waals surface area contributed by atoms with Gasteiger partial charge in [-0.3, -0.25) is 9.48 Å². The van der Waals surface area contributed by atoms with Crippen LogP contribution in [0.4, 0.5) is 5.95 Å². The van der Waals surface area contributed by atoms with Gasteiger partial charge in [0, 0.05) is 32.1 Å². The second-order valence-corrected chi connectivity index (χ2v) is 9.42. The maximum atomic E-state index is 12.0. The third-order valence-corrected chi connectivity index (χ3v) is 6.75. The predicted octanol–water partition coefficient (Wildman–Crippen LogP) is 3.72. The van der Waals surface area contributed by atoms with Crippen LogP contribution in [-0.2, 0) is 16.8 Å². The van der Waals surface area contributed by atoms with Crippen molar-refractivity contribution in [3.8, 4) is 22.6 Å². The fraction of sp³-hybridized carbons (Fsp3) is 0.385. The molecule has 0 saturated heterocycles. The minimum atomic E-state index is -0.385. The van der Waals surface area contributed by atoms with Crippen molar-refractivity contribution >= 4 is 11.9 Å². The molecule has 5 rings (SSSR count). The summed E-state index contributed by atoms with van der Waals surface area (Å²) < 4.78 is 7.22. The average molecular weight is 489 g/mol. The van der Waals surface area contributed by atoms with Crippen molar-refractivity contribution in [2.24, 2.45) is 5.92 Å². The minimum absolute atomic E-state index is 0. The lowest BCUT2D eigenvalue weighted by atomic mass is 9.76. The second kappa shape index (κ2) is 9.52. The standard InChI is InChI=1S/C25H28N8O2.CH4/c1-15-20(12-27-24(26)29-15)16-5-7-18(8-6-16)25(2,19-9-10-19)23-30-22(35-31-23)17-11-28-33(13-17)14-21(34)32(3)4;/h5-8,11-13,19H,9-10,14H2,1-4H3,(H2,26,27,29);1H4. The van der Waals surface area contributed by atoms with Gasteiger partial charge in [-0.2, -0.15) is 10.1 Å². The van der Waals surface area contributed by atoms with Crippen LogP contribution in [0.25, 0.3) is 22.6 Å². The highest BCUT2D eigenvalue weighted by Gasteiger charge is 2.47. The Kier molecular flexibility index (Phi) is 6.62. The number of nitrogen functional groups attached to an aromatic ring is 1. The average Bonchev–Trinajstić information content (AvgIpc) is 3.39. The van der Waals surface area contributed by atoms with Gasteiger partial charge in [-0.25, -0.2) is 9.97 Å². The first-order valence-electron chi connectivity index (χ1n) is 11.5. The topological polar surface area (TPSA) is 129 Å². The van der Waals surface area contributed by atoms with E-state index in [1.807, 2.05) is 6.92 Å². The monoisotopic (exact) mass is 488 g/mol. The number of hydrogen-bond acceptors (Lipinski definition) is 8. The Morgan fingerprint density at radius 1 is 1.17 bits per heavy atom. The fourth-order valence-corrected chi connectivity index (χ4v) is 4.36. The van der Waals surface area contributed by atoms with E-state index in [4.69, 9.17) is 15.2 Å². The number of rotatable bonds is 7. The van der Waals surface area contributed by atoms with Crippen molar-refractivity contribution in [1.82, 2.24) is 34.8 Å². The number of anilines is 1. The van der Waals surface area contributed by atoms with E-state index >= 15 is 0 Å². The van der Waals surface area contributed by atoms with Crippen LogP contribution in [0.1, 0.15) is 44.3 Å². The zero-order chi connectivity index (χ0) is 24.7. The first kappa shape index (κ1) is 25.0. The van der Waals surface area contributed by atoms with Gasteiger partial charge in [0.1, 0.15) is 6.54 Å². The number of aromatic nitrogens is 6. The molecule has 36 heavy (non-hydrogen) atoms. The van der Waals surface area contributed by atoms with Crippen molar-refractivity contribution < 1.29 is 9.32 Å². The molecule has 10 heteroatoms. The van der Waals surface area contributed by atoms with E-state index in [1.165, 1.54) is 4.90 Å². The number of nitrogens with two attached hydrogens (primary N) is 1. The van der Waals surface area contributed by atoms with Crippen molar-refractivity contribution in [3.63, 3.8) is 0 Å². The third-order valence-electron chi connectivity index (χ3n) is 6.75. The highest BCUT2D eigenvalue weighted by Crippen LogP contribution is 2.50. The van der Waals surface area contributed by atoms with E-state index in [2.05, 4.69) is 51.4 Å². The van der Waals surface area contributed by atoms with Gasteiger partial charge < -0.3 is 15.2 Å². The summed E-state index contributed by atoms with van der Waals surface area (Å²) >= 11 is 0. The molecule has 188 valence electrons. The van der Waals surface area contributed by atoms with Crippen LogP contribution in [0.5, 0.6) is 0 Å². The molecule has 1 aromatic carbocycles. The molecule has 1 unspecified atom stereocenters. The first-order valence-corrected chi connectivity index (χ1v) is 11.5. The van der Waals surface area contributed by atoms with Gasteiger partial charge in [0.2, 0.25) is 11.9 Å². The molecule has 1 saturated carbocycles. The van der Waals surface area contributed by atoms with E-state index in [0.717, 1.165) is 35.2 Å². The van der Waals surface area contributed by atoms with E-state index in [-0.39, 0.29) is 31.2 Å². The maximum Gasteiger partial charge on any atom is 0.261 e. The Balaban J connectivity index is 0.00000304. The quantitative estimate of drug-likeness (QED) is 0.417. The van der Waals surface area contributed by atoms with Crippen molar-refractivity contribution in [1.29, 1.82) is 0 Å². The summed E-state index contributed by atoms with van der Waals surface area (Å²) in [6.07, 6.45) is 7.36. The van der Waals surface area contributed by atoms with Crippen LogP contribution in [0.15, 0.2) is 47.4 Å². The highest BCUT2D eigenvalue weighted by atomic mass is 16.5. The molecule has 1 amide bonds. The lowest BCUT2D eigenvalue weighted by Crippen LogP contribution is -2.28. The molecule has 0 aliphatic heterocycles. The number of carbonyl (C=O) groups excluding carboxylic acids is 1. The Morgan fingerprint density at radius 2 is 1.89 bits per heavy atom. The summed E-state index contributed by atoms with van der Waals surface area (Å²) in [6.45, 7) is 4.25. The van der Waals surface area contributed by atoms with Crippen molar-refractivity contribution in [3.05, 3.63) is 59.9 Å². The molecule has 1 fully saturated rings. The summed E-state index contributed by atoms with van der Waals surface area (Å²) in [6, 6.07) is 8.38. The van der Waals surface area contributed by atoms with E-state index in [0.29, 0.717) is 23.2 Å². The molecular weight excluding hydrogens is 456 g/mol. The van der Waals surface area contributed by atoms with E-state index < -0.39 is 0 Å². The van der Waals surface area contributed by atoms with Gasteiger partial charge in [-0.1, -0.05) is 36.8 Å². The Morgan fingerprint density at radius 3 is 2.53 bits per heavy atom. The van der Waals surface area contributed by atoms with Gasteiger partial charge in [-0.05, 0) is 43.7 Å². The number of carbonyl (C=O) groups is 1. The smallest absolute Gasteiger partial charge is 0.261 e. The van der Waals surface area contributed by atoms with E-state index in [9.17, 15) is 4.79 Å². The SMILES string of the molecule is C.Cc1nc(N)ncc1-c1ccc(C(C)(c2noc(-c3cnn(CC(=O)N(C)C)c3)n2)C2CC2)cc1. The highest BCUT2D eigenvalue weighted by molar-refractivity contribution is 5.75. The third kappa shape index (κ3) is 4.58. The molecule has 4 aromatic rings. The summed E-state index contributed by atoms with van der Waals surface area (Å²) in [5.74, 6) is 1.69. The van der Waals surface area contributed by atoms with Crippen LogP contribution >= 0.6 is 0 Å². The summed E-state index contributed by atoms with van der Waals surface area (Å²) in [5.41, 5.74) is 9.94. The number of likely N-dealkylation sites (N-methyl/N-ethyl adjacent to an activating group) is 1. The normalized spacial score (nSPS) is 14.7. The molecule has 0 spiro atoms. The van der Waals surface area contributed by atoms with Gasteiger partial charge in [0.15, 0.2) is 5.82 Å². The van der Waals surface area contributed by atoms with Gasteiger partial charge in [0.25, 0.3) is 5.89 Å². The van der Waals surface area contributed by atoms with Gasteiger partial charge in [0.05, 0.1) is 22.9 Å². The van der Waals surface area contributed by atoms with E-state index in [1.54, 1.807) is 37.4 Å². The minimum Gasteiger partial charge on any atom is -0.368 e. The number of benzene rings is 1. The molecule has 1 aliphatic carbocycles. The summed E-state index contributed by atoms with van der Waals surface area (Å²) in [4.78, 5) is 26.7. The lowest BCUT2D eigenvalue weighted by Gasteiger charge is -2.27. The molecule has 3 aromatic heterocycles. The molecular formula is C26H32N8O2. The van der Waals surface area contributed by atoms with Crippen LogP contribution in [0.3, 0.4) is 0 Å². The zero-order valence-corrected chi connectivity index (χ0v) is 20.3. The van der Waals surface area contributed by atoms with Gasteiger partial charge >= 0.3 is 0 Å². The molecule has 1 aliphatic rings. The Hall–Kier alpha value is -4.08. The molecule has 3 heterocycles. The van der Waals surface area contributed by atoms with Crippen LogP contribution in [0.2, 0.25) is 0 Å². The second-order valence-electron chi connectivity index (χ2n) is 9.42. The molecule has 2 N–H and O–H groups in total. The molecule has 1 atom stereocenters. The first-order chi connectivity index (χ1) is 16.8. The largest absolute Gasteiger partial charge is 0.368 e. The van der Waals surface area contributed by atoms with Gasteiger partial charge in [-0.15, -0.1) is 0 Å². The number of amides is 1. The Labute approximate surface area is 210 Å². The molecule has 0 bridgehead atoms.